The molecule has 2 aromatic heterocycles. The Balaban J connectivity index is 0.00000300. The smallest absolute Gasteiger partial charge is 0.191 e. The average Bonchev–Trinajstić information content (AvgIpc) is 3.36. The van der Waals surface area contributed by atoms with E-state index in [0.717, 1.165) is 23.6 Å². The lowest BCUT2D eigenvalue weighted by atomic mass is 10.0. The van der Waals surface area contributed by atoms with Gasteiger partial charge in [0.25, 0.3) is 0 Å². The van der Waals surface area contributed by atoms with Crippen LogP contribution in [0.2, 0.25) is 0 Å². The fourth-order valence-electron chi connectivity index (χ4n) is 2.80. The summed E-state index contributed by atoms with van der Waals surface area (Å²) in [6.45, 7) is 7.08. The number of benzene rings is 1. The van der Waals surface area contributed by atoms with E-state index >= 15 is 0 Å². The number of rotatable bonds is 7. The Bertz CT molecular complexity index is 919. The van der Waals surface area contributed by atoms with Crippen LogP contribution < -0.4 is 10.6 Å². The Hall–Kier alpha value is -2.33. The molecule has 29 heavy (non-hydrogen) atoms. The normalized spacial score (nSPS) is 13.4. The van der Waals surface area contributed by atoms with Gasteiger partial charge < -0.3 is 20.2 Å². The van der Waals surface area contributed by atoms with Crippen LogP contribution in [0.1, 0.15) is 30.9 Å². The van der Waals surface area contributed by atoms with Gasteiger partial charge in [0.05, 0.1) is 18.8 Å². The number of nitrogens with one attached hydrogen (secondary N) is 2. The molecule has 0 aliphatic rings. The molecule has 1 atom stereocenters. The van der Waals surface area contributed by atoms with E-state index in [1.165, 1.54) is 0 Å². The molecule has 0 spiro atoms. The van der Waals surface area contributed by atoms with E-state index in [-0.39, 0.29) is 30.5 Å². The van der Waals surface area contributed by atoms with Gasteiger partial charge in [-0.2, -0.15) is 5.10 Å². The summed E-state index contributed by atoms with van der Waals surface area (Å²) < 4.78 is 7.38. The maximum atomic E-state index is 10.7. The van der Waals surface area contributed by atoms with Crippen molar-refractivity contribution >= 4 is 29.9 Å². The summed E-state index contributed by atoms with van der Waals surface area (Å²) in [6.07, 6.45) is 3.66. The van der Waals surface area contributed by atoms with Crippen molar-refractivity contribution in [3.05, 3.63) is 71.9 Å². The zero-order valence-corrected chi connectivity index (χ0v) is 19.3. The van der Waals surface area contributed by atoms with E-state index < -0.39 is 5.60 Å². The molecule has 0 saturated carbocycles. The van der Waals surface area contributed by atoms with Gasteiger partial charge in [0.2, 0.25) is 0 Å². The van der Waals surface area contributed by atoms with Gasteiger partial charge in [-0.15, -0.1) is 24.0 Å². The maximum Gasteiger partial charge on any atom is 0.191 e. The molecular weight excluding hydrogens is 481 g/mol. The molecule has 1 unspecified atom stereocenters. The molecule has 0 saturated heterocycles. The van der Waals surface area contributed by atoms with Crippen LogP contribution in [-0.4, -0.2) is 33.9 Å². The number of guanidine groups is 1. The molecule has 3 rings (SSSR count). The lowest BCUT2D eigenvalue weighted by Gasteiger charge is -2.22. The highest BCUT2D eigenvalue weighted by atomic mass is 127. The highest BCUT2D eigenvalue weighted by Gasteiger charge is 2.27. The monoisotopic (exact) mass is 509 g/mol. The van der Waals surface area contributed by atoms with Gasteiger partial charge >= 0.3 is 0 Å². The molecular formula is C21H28IN5O2. The first-order valence-electron chi connectivity index (χ1n) is 9.38. The summed E-state index contributed by atoms with van der Waals surface area (Å²) in [6, 6.07) is 13.6. The molecule has 2 heterocycles. The second-order valence-corrected chi connectivity index (χ2v) is 6.85. The fourth-order valence-corrected chi connectivity index (χ4v) is 2.80. The van der Waals surface area contributed by atoms with Crippen LogP contribution in [0.25, 0.3) is 5.69 Å². The van der Waals surface area contributed by atoms with Gasteiger partial charge in [-0.05, 0) is 56.7 Å². The Morgan fingerprint density at radius 3 is 2.72 bits per heavy atom. The minimum Gasteiger partial charge on any atom is -0.463 e. The van der Waals surface area contributed by atoms with Crippen molar-refractivity contribution in [2.45, 2.75) is 32.9 Å². The van der Waals surface area contributed by atoms with E-state index in [0.29, 0.717) is 18.3 Å². The summed E-state index contributed by atoms with van der Waals surface area (Å²) in [5, 5.41) is 21.3. The van der Waals surface area contributed by atoms with E-state index in [2.05, 4.69) is 26.8 Å². The van der Waals surface area contributed by atoms with Crippen LogP contribution >= 0.6 is 24.0 Å². The molecule has 7 nitrogen and oxygen atoms in total. The molecule has 0 aliphatic heterocycles. The zero-order chi connectivity index (χ0) is 20.0. The van der Waals surface area contributed by atoms with Crippen LogP contribution in [0, 0.1) is 6.92 Å². The Kier molecular flexibility index (Phi) is 8.27. The quantitative estimate of drug-likeness (QED) is 0.258. The molecule has 0 aliphatic carbocycles. The predicted octanol–water partition coefficient (Wildman–Crippen LogP) is 3.35. The van der Waals surface area contributed by atoms with Gasteiger partial charge in [-0.3, -0.25) is 0 Å². The third kappa shape index (κ3) is 6.33. The number of halogens is 1. The first kappa shape index (κ1) is 23.0. The van der Waals surface area contributed by atoms with Gasteiger partial charge in [0.1, 0.15) is 17.1 Å². The molecule has 0 amide bonds. The van der Waals surface area contributed by atoms with Gasteiger partial charge in [0, 0.05) is 18.9 Å². The minimum atomic E-state index is -1.13. The van der Waals surface area contributed by atoms with Crippen LogP contribution in [-0.2, 0) is 12.1 Å². The highest BCUT2D eigenvalue weighted by molar-refractivity contribution is 14.0. The van der Waals surface area contributed by atoms with Crippen molar-refractivity contribution in [2.24, 2.45) is 4.99 Å². The van der Waals surface area contributed by atoms with Crippen molar-refractivity contribution in [3.8, 4) is 5.69 Å². The molecule has 156 valence electrons. The number of hydrogen-bond acceptors (Lipinski definition) is 4. The zero-order valence-electron chi connectivity index (χ0n) is 16.9. The molecule has 1 aromatic carbocycles. The largest absolute Gasteiger partial charge is 0.463 e. The second-order valence-electron chi connectivity index (χ2n) is 6.85. The molecule has 3 aromatic rings. The van der Waals surface area contributed by atoms with Crippen LogP contribution in [0.5, 0.6) is 0 Å². The van der Waals surface area contributed by atoms with E-state index in [4.69, 9.17) is 4.42 Å². The number of aryl methyl sites for hydroxylation is 1. The molecule has 8 heteroatoms. The van der Waals surface area contributed by atoms with E-state index in [1.54, 1.807) is 19.2 Å². The molecule has 0 bridgehead atoms. The van der Waals surface area contributed by atoms with Crippen molar-refractivity contribution in [1.29, 1.82) is 0 Å². The minimum absolute atomic E-state index is 0. The first-order valence-corrected chi connectivity index (χ1v) is 9.38. The topological polar surface area (TPSA) is 87.6 Å². The standard InChI is InChI=1S/C21H27N5O2.HI/c1-4-22-20(24-15-21(3,27)19-10-9-16(2)28-19)23-14-17-7-5-8-18(13-17)26-12-6-11-25-26;/h5-13,27H,4,14-15H2,1-3H3,(H2,22,23,24);1H. The summed E-state index contributed by atoms with van der Waals surface area (Å²) in [5.41, 5.74) is 0.926. The number of furan rings is 1. The van der Waals surface area contributed by atoms with Gasteiger partial charge in [-0.1, -0.05) is 12.1 Å². The first-order chi connectivity index (χ1) is 13.5. The molecule has 0 radical (unpaired) electrons. The van der Waals surface area contributed by atoms with Crippen molar-refractivity contribution in [3.63, 3.8) is 0 Å². The third-order valence-electron chi connectivity index (χ3n) is 4.31. The second kappa shape index (κ2) is 10.4. The number of aromatic nitrogens is 2. The molecule has 3 N–H and O–H groups in total. The number of aliphatic imine (C=N–C) groups is 1. The lowest BCUT2D eigenvalue weighted by Crippen LogP contribution is -2.44. The Labute approximate surface area is 188 Å². The Morgan fingerprint density at radius 1 is 1.24 bits per heavy atom. The summed E-state index contributed by atoms with van der Waals surface area (Å²) >= 11 is 0. The number of hydrogen-bond donors (Lipinski definition) is 3. The average molecular weight is 509 g/mol. The number of nitrogens with zero attached hydrogens (tertiary/aromatic N) is 3. The summed E-state index contributed by atoms with van der Waals surface area (Å²) in [4.78, 5) is 4.63. The molecule has 0 fully saturated rings. The van der Waals surface area contributed by atoms with Crippen LogP contribution in [0.4, 0.5) is 0 Å². The SMILES string of the molecule is CCNC(=NCc1cccc(-n2cccn2)c1)NCC(C)(O)c1ccc(C)o1.I. The fraction of sp³-hybridized carbons (Fsp3) is 0.333. The van der Waals surface area contributed by atoms with Gasteiger partial charge in [0.15, 0.2) is 5.96 Å². The Morgan fingerprint density at radius 2 is 2.07 bits per heavy atom. The van der Waals surface area contributed by atoms with E-state index in [1.807, 2.05) is 55.1 Å². The van der Waals surface area contributed by atoms with Gasteiger partial charge in [-0.25, -0.2) is 9.67 Å². The van der Waals surface area contributed by atoms with Crippen molar-refractivity contribution in [1.82, 2.24) is 20.4 Å². The maximum absolute atomic E-state index is 10.7. The van der Waals surface area contributed by atoms with Crippen molar-refractivity contribution < 1.29 is 9.52 Å². The van der Waals surface area contributed by atoms with Crippen LogP contribution in [0.3, 0.4) is 0 Å². The highest BCUT2D eigenvalue weighted by Crippen LogP contribution is 2.21. The lowest BCUT2D eigenvalue weighted by molar-refractivity contribution is 0.0378. The third-order valence-corrected chi connectivity index (χ3v) is 4.31. The van der Waals surface area contributed by atoms with E-state index in [9.17, 15) is 5.11 Å². The van der Waals surface area contributed by atoms with Crippen molar-refractivity contribution in [2.75, 3.05) is 13.1 Å². The summed E-state index contributed by atoms with van der Waals surface area (Å²) in [7, 11) is 0. The number of aliphatic hydroxyl groups is 1. The predicted molar refractivity (Wildman–Crippen MR) is 125 cm³/mol. The summed E-state index contributed by atoms with van der Waals surface area (Å²) in [5.74, 6) is 1.93. The van der Waals surface area contributed by atoms with Crippen LogP contribution in [0.15, 0.2) is 64.3 Å².